The van der Waals surface area contributed by atoms with Crippen LogP contribution >= 0.6 is 24.0 Å². The van der Waals surface area contributed by atoms with E-state index in [-0.39, 0.29) is 41.9 Å². The Balaban J connectivity index is 0.00000363. The highest BCUT2D eigenvalue weighted by molar-refractivity contribution is 14.0. The van der Waals surface area contributed by atoms with Crippen LogP contribution in [0.3, 0.4) is 0 Å². The Morgan fingerprint density at radius 1 is 1.28 bits per heavy atom. The minimum Gasteiger partial charge on any atom is -0.450 e. The van der Waals surface area contributed by atoms with Gasteiger partial charge in [0.2, 0.25) is 5.88 Å². The molecule has 10 heteroatoms. The normalized spacial score (nSPS) is 14.3. The molecule has 174 valence electrons. The van der Waals surface area contributed by atoms with Crippen LogP contribution in [0.25, 0.3) is 0 Å². The van der Waals surface area contributed by atoms with Crippen molar-refractivity contribution in [1.29, 1.82) is 0 Å². The maximum absolute atomic E-state index is 13.4. The summed E-state index contributed by atoms with van der Waals surface area (Å²) < 4.78 is 24.3. The van der Waals surface area contributed by atoms with Gasteiger partial charge in [0.1, 0.15) is 11.6 Å². The van der Waals surface area contributed by atoms with E-state index in [0.717, 1.165) is 18.4 Å². The summed E-state index contributed by atoms with van der Waals surface area (Å²) in [5.74, 6) is 1.07. The lowest BCUT2D eigenvalue weighted by molar-refractivity contribution is 0.0963. The second kappa shape index (κ2) is 13.0. The molecule has 0 aliphatic carbocycles. The minimum atomic E-state index is -0.369. The molecular weight excluding hydrogens is 528 g/mol. The number of aliphatic imine (C=N–C) groups is 1. The molecule has 1 aliphatic heterocycles. The van der Waals surface area contributed by atoms with Gasteiger partial charge in [-0.2, -0.15) is 0 Å². The third kappa shape index (κ3) is 7.50. The summed E-state index contributed by atoms with van der Waals surface area (Å²) >= 11 is 0. The molecule has 2 N–H and O–H groups in total. The van der Waals surface area contributed by atoms with E-state index in [9.17, 15) is 9.18 Å². The zero-order valence-corrected chi connectivity index (χ0v) is 20.5. The fraction of sp³-hybridized carbons (Fsp3) is 0.409. The number of hydrogen-bond acceptors (Lipinski definition) is 5. The van der Waals surface area contributed by atoms with Gasteiger partial charge in [0.25, 0.3) is 0 Å². The predicted molar refractivity (Wildman–Crippen MR) is 131 cm³/mol. The maximum Gasteiger partial charge on any atom is 0.409 e. The molecule has 2 aromatic rings. The van der Waals surface area contributed by atoms with Crippen molar-refractivity contribution in [2.24, 2.45) is 4.99 Å². The number of likely N-dealkylation sites (tertiary alicyclic amines) is 1. The smallest absolute Gasteiger partial charge is 0.409 e. The van der Waals surface area contributed by atoms with Gasteiger partial charge in [0.15, 0.2) is 5.96 Å². The average molecular weight is 557 g/mol. The first kappa shape index (κ1) is 25.6. The minimum absolute atomic E-state index is 0. The molecule has 1 fully saturated rings. The van der Waals surface area contributed by atoms with Gasteiger partial charge in [0.05, 0.1) is 6.61 Å². The monoisotopic (exact) mass is 557 g/mol. The van der Waals surface area contributed by atoms with Crippen LogP contribution in [0.4, 0.5) is 9.18 Å². The fourth-order valence-corrected chi connectivity index (χ4v) is 3.28. The summed E-state index contributed by atoms with van der Waals surface area (Å²) in [5, 5.41) is 6.66. The Bertz CT molecular complexity index is 907. The molecule has 0 radical (unpaired) electrons. The van der Waals surface area contributed by atoms with Crippen LogP contribution in [0, 0.1) is 5.82 Å². The van der Waals surface area contributed by atoms with Gasteiger partial charge in [0, 0.05) is 50.6 Å². The van der Waals surface area contributed by atoms with E-state index in [1.54, 1.807) is 37.2 Å². The van der Waals surface area contributed by atoms with Crippen LogP contribution in [-0.4, -0.2) is 54.7 Å². The largest absolute Gasteiger partial charge is 0.450 e. The number of pyridine rings is 1. The average Bonchev–Trinajstić information content (AvgIpc) is 2.78. The molecule has 2 heterocycles. The second-order valence-electron chi connectivity index (χ2n) is 7.06. The van der Waals surface area contributed by atoms with Crippen molar-refractivity contribution in [3.8, 4) is 11.6 Å². The van der Waals surface area contributed by atoms with Crippen LogP contribution < -0.4 is 15.4 Å². The van der Waals surface area contributed by atoms with Gasteiger partial charge in [-0.3, -0.25) is 4.99 Å². The Kier molecular flexibility index (Phi) is 10.4. The number of benzene rings is 1. The summed E-state index contributed by atoms with van der Waals surface area (Å²) in [4.78, 5) is 22.1. The first-order valence-electron chi connectivity index (χ1n) is 10.3. The molecule has 0 atom stereocenters. The third-order valence-electron chi connectivity index (χ3n) is 4.89. The van der Waals surface area contributed by atoms with Crippen molar-refractivity contribution in [3.05, 3.63) is 54.0 Å². The molecule has 0 spiro atoms. The number of ether oxygens (including phenoxy) is 2. The quantitative estimate of drug-likeness (QED) is 0.318. The number of hydrogen-bond donors (Lipinski definition) is 2. The molecule has 3 rings (SSSR count). The number of carbonyl (C=O) groups excluding carboxylic acids is 1. The van der Waals surface area contributed by atoms with Crippen LogP contribution in [0.15, 0.2) is 47.6 Å². The SMILES string of the molecule is CCOC(=O)N1CCC(NC(=NC)NCc2cccnc2Oc2cccc(F)c2)CC1.I. The van der Waals surface area contributed by atoms with E-state index >= 15 is 0 Å². The number of halogens is 2. The van der Waals surface area contributed by atoms with Crippen LogP contribution in [0.5, 0.6) is 11.6 Å². The summed E-state index contributed by atoms with van der Waals surface area (Å²) in [7, 11) is 1.70. The molecule has 8 nitrogen and oxygen atoms in total. The van der Waals surface area contributed by atoms with Crippen molar-refractivity contribution in [3.63, 3.8) is 0 Å². The molecule has 1 amide bonds. The highest BCUT2D eigenvalue weighted by Crippen LogP contribution is 2.23. The molecule has 1 aromatic heterocycles. The lowest BCUT2D eigenvalue weighted by Gasteiger charge is -2.32. The lowest BCUT2D eigenvalue weighted by atomic mass is 10.1. The predicted octanol–water partition coefficient (Wildman–Crippen LogP) is 3.92. The van der Waals surface area contributed by atoms with E-state index in [2.05, 4.69) is 20.6 Å². The van der Waals surface area contributed by atoms with Crippen molar-refractivity contribution < 1.29 is 18.7 Å². The Morgan fingerprint density at radius 2 is 2.06 bits per heavy atom. The number of rotatable bonds is 6. The van der Waals surface area contributed by atoms with E-state index in [1.807, 2.05) is 12.1 Å². The third-order valence-corrected chi connectivity index (χ3v) is 4.89. The van der Waals surface area contributed by atoms with Crippen LogP contribution in [-0.2, 0) is 11.3 Å². The number of amides is 1. The number of piperidine rings is 1. The Morgan fingerprint density at radius 3 is 2.75 bits per heavy atom. The van der Waals surface area contributed by atoms with Gasteiger partial charge < -0.3 is 25.0 Å². The van der Waals surface area contributed by atoms with E-state index in [0.29, 0.717) is 43.8 Å². The van der Waals surface area contributed by atoms with Crippen LogP contribution in [0.2, 0.25) is 0 Å². The number of nitrogens with one attached hydrogen (secondary N) is 2. The molecule has 1 aliphatic rings. The van der Waals surface area contributed by atoms with Gasteiger partial charge in [-0.15, -0.1) is 24.0 Å². The van der Waals surface area contributed by atoms with E-state index < -0.39 is 0 Å². The molecule has 32 heavy (non-hydrogen) atoms. The second-order valence-corrected chi connectivity index (χ2v) is 7.06. The molecule has 1 aromatic carbocycles. The Hall–Kier alpha value is -2.63. The first-order chi connectivity index (χ1) is 15.1. The summed E-state index contributed by atoms with van der Waals surface area (Å²) in [5.41, 5.74) is 0.812. The van der Waals surface area contributed by atoms with Gasteiger partial charge in [-0.1, -0.05) is 12.1 Å². The molecular formula is C22H29FIN5O3. The highest BCUT2D eigenvalue weighted by Gasteiger charge is 2.24. The van der Waals surface area contributed by atoms with Crippen molar-refractivity contribution >= 4 is 36.0 Å². The van der Waals surface area contributed by atoms with Gasteiger partial charge >= 0.3 is 6.09 Å². The summed E-state index contributed by atoms with van der Waals surface area (Å²) in [6.07, 6.45) is 2.98. The number of nitrogens with zero attached hydrogens (tertiary/aromatic N) is 3. The molecule has 0 saturated carbocycles. The van der Waals surface area contributed by atoms with Gasteiger partial charge in [-0.05, 0) is 38.0 Å². The molecule has 1 saturated heterocycles. The standard InChI is InChI=1S/C22H28FN5O3.HI/c1-3-30-22(29)28-12-9-18(10-13-28)27-21(24-2)26-15-16-6-5-11-25-20(16)31-19-8-4-7-17(23)14-19;/h4-8,11,14,18H,3,9-10,12-13,15H2,1-2H3,(H2,24,26,27);1H. The van der Waals surface area contributed by atoms with Crippen LogP contribution in [0.1, 0.15) is 25.3 Å². The number of guanidine groups is 1. The number of carbonyl (C=O) groups is 1. The van der Waals surface area contributed by atoms with Gasteiger partial charge in [-0.25, -0.2) is 14.2 Å². The molecule has 0 unspecified atom stereocenters. The summed E-state index contributed by atoms with van der Waals surface area (Å²) in [6, 6.07) is 9.85. The van der Waals surface area contributed by atoms with Crippen molar-refractivity contribution in [2.75, 3.05) is 26.7 Å². The number of aromatic nitrogens is 1. The zero-order chi connectivity index (χ0) is 22.1. The lowest BCUT2D eigenvalue weighted by Crippen LogP contribution is -2.49. The highest BCUT2D eigenvalue weighted by atomic mass is 127. The zero-order valence-electron chi connectivity index (χ0n) is 18.2. The van der Waals surface area contributed by atoms with E-state index in [4.69, 9.17) is 9.47 Å². The van der Waals surface area contributed by atoms with Crippen molar-refractivity contribution in [1.82, 2.24) is 20.5 Å². The summed E-state index contributed by atoms with van der Waals surface area (Å²) in [6.45, 7) is 3.90. The molecule has 0 bridgehead atoms. The fourth-order valence-electron chi connectivity index (χ4n) is 3.28. The van der Waals surface area contributed by atoms with E-state index in [1.165, 1.54) is 12.1 Å². The van der Waals surface area contributed by atoms with Crippen molar-refractivity contribution in [2.45, 2.75) is 32.4 Å². The topological polar surface area (TPSA) is 88.1 Å². The first-order valence-corrected chi connectivity index (χ1v) is 10.3. The Labute approximate surface area is 204 Å². The maximum atomic E-state index is 13.4.